The molecule has 0 bridgehead atoms. The Kier molecular flexibility index (Phi) is 2.98. The van der Waals surface area contributed by atoms with E-state index in [1.807, 2.05) is 78.9 Å². The summed E-state index contributed by atoms with van der Waals surface area (Å²) in [6.07, 6.45) is 1.78. The van der Waals surface area contributed by atoms with Gasteiger partial charge >= 0.3 is 6.03 Å². The summed E-state index contributed by atoms with van der Waals surface area (Å²) < 4.78 is 1.64. The Morgan fingerprint density at radius 1 is 0.759 bits per heavy atom. The van der Waals surface area contributed by atoms with Gasteiger partial charge in [-0.25, -0.2) is 4.79 Å². The number of fused-ring (bicyclic) bond motifs is 3. The molecule has 5 heteroatoms. The second-order valence-electron chi connectivity index (χ2n) is 7.47. The van der Waals surface area contributed by atoms with Crippen LogP contribution in [0.3, 0.4) is 0 Å². The van der Waals surface area contributed by atoms with Gasteiger partial charge in [-0.05, 0) is 24.3 Å². The fourth-order valence-electron chi connectivity index (χ4n) is 4.91. The number of hydrogen-bond acceptors (Lipinski definition) is 2. The van der Waals surface area contributed by atoms with Gasteiger partial charge in [-0.2, -0.15) is 0 Å². The lowest BCUT2D eigenvalue weighted by atomic mass is 9.80. The first kappa shape index (κ1) is 16.1. The molecule has 0 aliphatic carbocycles. The van der Waals surface area contributed by atoms with E-state index < -0.39 is 5.54 Å². The zero-order valence-corrected chi connectivity index (χ0v) is 15.7. The number of likely N-dealkylation sites (N-methyl/N-ethyl adjacent to an activating group) is 1. The van der Waals surface area contributed by atoms with Crippen LogP contribution in [0.2, 0.25) is 0 Å². The van der Waals surface area contributed by atoms with Crippen molar-refractivity contribution < 1.29 is 9.59 Å². The van der Waals surface area contributed by atoms with Crippen molar-refractivity contribution in [3.8, 4) is 0 Å². The normalized spacial score (nSPS) is 20.0. The van der Waals surface area contributed by atoms with Crippen LogP contribution in [-0.2, 0) is 10.3 Å². The monoisotopic (exact) mass is 379 g/mol. The molecule has 1 unspecified atom stereocenters. The highest BCUT2D eigenvalue weighted by Crippen LogP contribution is 2.53. The van der Waals surface area contributed by atoms with Gasteiger partial charge in [-0.15, -0.1) is 0 Å². The highest BCUT2D eigenvalue weighted by molar-refractivity contribution is 6.18. The van der Waals surface area contributed by atoms with Crippen molar-refractivity contribution in [1.82, 2.24) is 9.47 Å². The molecule has 6 rings (SSSR count). The number of rotatable bonds is 1. The largest absolute Gasteiger partial charge is 0.329 e. The van der Waals surface area contributed by atoms with E-state index in [4.69, 9.17) is 0 Å². The van der Waals surface area contributed by atoms with Crippen molar-refractivity contribution in [2.75, 3.05) is 11.9 Å². The summed E-state index contributed by atoms with van der Waals surface area (Å²) >= 11 is 0. The minimum absolute atomic E-state index is 0.138. The molecular formula is C24H17N3O2. The maximum atomic E-state index is 14.2. The van der Waals surface area contributed by atoms with Crippen LogP contribution in [-0.4, -0.2) is 28.5 Å². The van der Waals surface area contributed by atoms with Crippen LogP contribution in [0.4, 0.5) is 16.2 Å². The molecule has 2 aliphatic rings. The Morgan fingerprint density at radius 2 is 1.48 bits per heavy atom. The van der Waals surface area contributed by atoms with E-state index in [2.05, 4.69) is 0 Å². The van der Waals surface area contributed by atoms with E-state index >= 15 is 0 Å². The van der Waals surface area contributed by atoms with Gasteiger partial charge in [0.2, 0.25) is 0 Å². The fourth-order valence-corrected chi connectivity index (χ4v) is 4.91. The average Bonchev–Trinajstić information content (AvgIpc) is 3.30. The van der Waals surface area contributed by atoms with Gasteiger partial charge < -0.3 is 4.90 Å². The fraction of sp³-hybridized carbons (Fsp3) is 0.0833. The van der Waals surface area contributed by atoms with Crippen molar-refractivity contribution in [1.29, 1.82) is 0 Å². The minimum Gasteiger partial charge on any atom is -0.304 e. The lowest BCUT2D eigenvalue weighted by Crippen LogP contribution is -2.57. The van der Waals surface area contributed by atoms with Crippen molar-refractivity contribution in [2.45, 2.75) is 5.54 Å². The Bertz CT molecular complexity index is 1320. The predicted octanol–water partition coefficient (Wildman–Crippen LogP) is 4.48. The first-order valence-corrected chi connectivity index (χ1v) is 9.53. The Labute approximate surface area is 167 Å². The number of anilines is 2. The minimum atomic E-state index is -1.20. The SMILES string of the molecule is CN1C(=O)n2ccc3cccc(c32)C12C(=O)N(c1ccccc1)c1ccccc12. The standard InChI is InChI=1S/C24H17N3O2/c1-25-23(29)26-15-14-16-8-7-12-19(21(16)26)24(25)18-11-5-6-13-20(18)27(22(24)28)17-9-3-2-4-10-17/h2-15H,1H3. The van der Waals surface area contributed by atoms with E-state index in [-0.39, 0.29) is 11.9 Å². The van der Waals surface area contributed by atoms with Crippen LogP contribution in [0.25, 0.3) is 10.9 Å². The molecule has 2 aliphatic heterocycles. The molecule has 1 atom stereocenters. The van der Waals surface area contributed by atoms with Gasteiger partial charge in [0.05, 0.1) is 11.2 Å². The molecule has 3 heterocycles. The lowest BCUT2D eigenvalue weighted by molar-refractivity contribution is -0.125. The molecule has 0 fully saturated rings. The number of carbonyl (C=O) groups is 2. The number of benzene rings is 3. The second-order valence-corrected chi connectivity index (χ2v) is 7.47. The molecule has 0 saturated heterocycles. The molecular weight excluding hydrogens is 362 g/mol. The van der Waals surface area contributed by atoms with Crippen molar-refractivity contribution in [2.24, 2.45) is 0 Å². The quantitative estimate of drug-likeness (QED) is 0.490. The van der Waals surface area contributed by atoms with E-state index in [0.29, 0.717) is 0 Å². The number of hydrogen-bond donors (Lipinski definition) is 0. The van der Waals surface area contributed by atoms with Gasteiger partial charge in [0, 0.05) is 35.4 Å². The smallest absolute Gasteiger partial charge is 0.304 e. The third-order valence-corrected chi connectivity index (χ3v) is 6.16. The van der Waals surface area contributed by atoms with Gasteiger partial charge in [-0.1, -0.05) is 54.6 Å². The van der Waals surface area contributed by atoms with E-state index in [9.17, 15) is 9.59 Å². The van der Waals surface area contributed by atoms with E-state index in [1.165, 1.54) is 0 Å². The Hall–Kier alpha value is -3.86. The first-order chi connectivity index (χ1) is 14.2. The van der Waals surface area contributed by atoms with Crippen LogP contribution in [0.15, 0.2) is 85.1 Å². The summed E-state index contributed by atoms with van der Waals surface area (Å²) in [7, 11) is 1.72. The average molecular weight is 379 g/mol. The Balaban J connectivity index is 1.75. The van der Waals surface area contributed by atoms with Crippen LogP contribution < -0.4 is 4.90 Å². The van der Waals surface area contributed by atoms with Crippen molar-refractivity contribution in [3.05, 3.63) is 96.2 Å². The lowest BCUT2D eigenvalue weighted by Gasteiger charge is -2.41. The number of carbonyl (C=O) groups excluding carboxylic acids is 2. The zero-order valence-electron chi connectivity index (χ0n) is 15.7. The molecule has 1 spiro atoms. The third kappa shape index (κ3) is 1.75. The van der Waals surface area contributed by atoms with E-state index in [1.54, 1.807) is 27.6 Å². The number of para-hydroxylation sites is 3. The summed E-state index contributed by atoms with van der Waals surface area (Å²) in [5.74, 6) is -0.138. The summed E-state index contributed by atoms with van der Waals surface area (Å²) in [6.45, 7) is 0. The van der Waals surface area contributed by atoms with Gasteiger partial charge in [0.15, 0.2) is 5.54 Å². The van der Waals surface area contributed by atoms with E-state index in [0.717, 1.165) is 33.4 Å². The van der Waals surface area contributed by atoms with Gasteiger partial charge in [-0.3, -0.25) is 14.3 Å². The Morgan fingerprint density at radius 3 is 2.31 bits per heavy atom. The summed E-state index contributed by atoms with van der Waals surface area (Å²) in [5, 5.41) is 0.951. The molecule has 3 aromatic carbocycles. The van der Waals surface area contributed by atoms with Crippen LogP contribution in [0, 0.1) is 0 Å². The molecule has 1 aromatic heterocycles. The van der Waals surface area contributed by atoms with Crippen LogP contribution in [0.1, 0.15) is 11.1 Å². The predicted molar refractivity (Wildman–Crippen MR) is 111 cm³/mol. The summed E-state index contributed by atoms with van der Waals surface area (Å²) in [4.78, 5) is 30.8. The maximum Gasteiger partial charge on any atom is 0.329 e. The molecule has 2 amide bonds. The van der Waals surface area contributed by atoms with Crippen LogP contribution in [0.5, 0.6) is 0 Å². The maximum absolute atomic E-state index is 14.2. The van der Waals surface area contributed by atoms with Crippen LogP contribution >= 0.6 is 0 Å². The highest BCUT2D eigenvalue weighted by atomic mass is 16.2. The van der Waals surface area contributed by atoms with Gasteiger partial charge in [0.25, 0.3) is 5.91 Å². The molecule has 5 nitrogen and oxygen atoms in total. The molecule has 0 N–H and O–H groups in total. The van der Waals surface area contributed by atoms with Crippen molar-refractivity contribution in [3.63, 3.8) is 0 Å². The van der Waals surface area contributed by atoms with Gasteiger partial charge in [0.1, 0.15) is 0 Å². The summed E-state index contributed by atoms with van der Waals surface area (Å²) in [6, 6.07) is 24.9. The highest BCUT2D eigenvalue weighted by Gasteiger charge is 2.59. The zero-order chi connectivity index (χ0) is 19.8. The topological polar surface area (TPSA) is 45.6 Å². The number of amides is 2. The first-order valence-electron chi connectivity index (χ1n) is 9.53. The van der Waals surface area contributed by atoms with Crippen molar-refractivity contribution >= 4 is 34.2 Å². The molecule has 0 saturated carbocycles. The molecule has 4 aromatic rings. The number of nitrogens with zero attached hydrogens (tertiary/aromatic N) is 3. The third-order valence-electron chi connectivity index (χ3n) is 6.16. The second kappa shape index (κ2) is 5.35. The summed E-state index contributed by atoms with van der Waals surface area (Å²) in [5.41, 5.74) is 2.85. The molecule has 29 heavy (non-hydrogen) atoms. The molecule has 140 valence electrons. The molecule has 0 radical (unpaired) electrons. The number of aromatic nitrogens is 1.